The average molecular weight is 889 g/mol. The number of aliphatic hydroxyl groups is 1. The summed E-state index contributed by atoms with van der Waals surface area (Å²) in [4.78, 5) is 80.4. The van der Waals surface area contributed by atoms with Gasteiger partial charge in [0, 0.05) is 6.42 Å². The van der Waals surface area contributed by atoms with Crippen LogP contribution in [0.4, 0.5) is 10.5 Å². The highest BCUT2D eigenvalue weighted by Gasteiger charge is 2.67. The van der Waals surface area contributed by atoms with Crippen molar-refractivity contribution in [3.05, 3.63) is 166 Å². The van der Waals surface area contributed by atoms with Gasteiger partial charge in [-0.05, 0) is 98.7 Å². The number of hydrogen-bond acceptors (Lipinski definition) is 9. The van der Waals surface area contributed by atoms with E-state index in [4.69, 9.17) is 14.5 Å². The monoisotopic (exact) mass is 888 g/mol. The number of carbonyl (C=O) groups is 4. The number of aromatic nitrogens is 2. The summed E-state index contributed by atoms with van der Waals surface area (Å²) < 4.78 is 13.1. The van der Waals surface area contributed by atoms with Crippen LogP contribution in [0.15, 0.2) is 132 Å². The van der Waals surface area contributed by atoms with E-state index in [1.165, 1.54) is 14.4 Å². The molecule has 6 aromatic rings. The van der Waals surface area contributed by atoms with E-state index in [9.17, 15) is 24.3 Å². The van der Waals surface area contributed by atoms with Gasteiger partial charge in [0.2, 0.25) is 11.8 Å². The smallest absolute Gasteiger partial charge is 0.408 e. The summed E-state index contributed by atoms with van der Waals surface area (Å²) in [6.45, 7) is 9.35. The second-order valence-electron chi connectivity index (χ2n) is 18.6. The first-order valence-electron chi connectivity index (χ1n) is 22.3. The molecule has 0 radical (unpaired) electrons. The summed E-state index contributed by atoms with van der Waals surface area (Å²) in [7, 11) is 0. The molecule has 338 valence electrons. The van der Waals surface area contributed by atoms with Crippen LogP contribution >= 0.6 is 0 Å². The van der Waals surface area contributed by atoms with Crippen LogP contribution in [0.3, 0.4) is 0 Å². The van der Waals surface area contributed by atoms with E-state index < -0.39 is 59.3 Å². The van der Waals surface area contributed by atoms with Crippen LogP contribution in [0.5, 0.6) is 5.75 Å². The maximum atomic E-state index is 15.7. The molecule has 4 unspecified atom stereocenters. The Morgan fingerprint density at radius 2 is 1.50 bits per heavy atom. The van der Waals surface area contributed by atoms with Crippen LogP contribution in [0.2, 0.25) is 0 Å². The minimum Gasteiger partial charge on any atom is -0.489 e. The van der Waals surface area contributed by atoms with Crippen LogP contribution in [0.25, 0.3) is 16.6 Å². The van der Waals surface area contributed by atoms with E-state index in [1.54, 1.807) is 118 Å². The number of nitrogens with zero attached hydrogens (tertiary/aromatic N) is 4. The normalized spacial score (nSPS) is 20.2. The lowest BCUT2D eigenvalue weighted by atomic mass is 9.87. The van der Waals surface area contributed by atoms with Crippen LogP contribution in [-0.2, 0) is 27.4 Å². The summed E-state index contributed by atoms with van der Waals surface area (Å²) in [6.07, 6.45) is -0.805. The van der Waals surface area contributed by atoms with Gasteiger partial charge in [-0.3, -0.25) is 33.5 Å². The first-order chi connectivity index (χ1) is 31.6. The summed E-state index contributed by atoms with van der Waals surface area (Å²) in [5.74, 6) is -4.39. The van der Waals surface area contributed by atoms with Gasteiger partial charge >= 0.3 is 6.09 Å². The number of fused-ring (bicyclic) bond motifs is 7. The van der Waals surface area contributed by atoms with E-state index in [0.717, 1.165) is 5.56 Å². The fourth-order valence-corrected chi connectivity index (χ4v) is 9.52. The lowest BCUT2D eigenvalue weighted by Gasteiger charge is -2.42. The summed E-state index contributed by atoms with van der Waals surface area (Å²) >= 11 is 0. The maximum Gasteiger partial charge on any atom is 0.408 e. The van der Waals surface area contributed by atoms with Gasteiger partial charge in [-0.2, -0.15) is 0 Å². The van der Waals surface area contributed by atoms with Gasteiger partial charge in [-0.25, -0.2) is 9.78 Å². The minimum atomic E-state index is -2.35. The third-order valence-corrected chi connectivity index (χ3v) is 12.3. The molecule has 1 saturated heterocycles. The van der Waals surface area contributed by atoms with E-state index in [-0.39, 0.29) is 42.1 Å². The number of nitrogens with one attached hydrogen (secondary N) is 2. The molecule has 3 N–H and O–H groups in total. The highest BCUT2D eigenvalue weighted by atomic mass is 16.6. The molecule has 0 saturated carbocycles. The van der Waals surface area contributed by atoms with Crippen molar-refractivity contribution in [3.8, 4) is 11.4 Å². The van der Waals surface area contributed by atoms with Gasteiger partial charge in [0.15, 0.2) is 0 Å². The maximum absolute atomic E-state index is 15.7. The zero-order chi connectivity index (χ0) is 46.5. The lowest BCUT2D eigenvalue weighted by Crippen LogP contribution is -2.63. The van der Waals surface area contributed by atoms with Crippen molar-refractivity contribution in [2.75, 3.05) is 4.90 Å². The summed E-state index contributed by atoms with van der Waals surface area (Å²) in [5, 5.41) is 19.9. The number of benzene rings is 5. The first kappa shape index (κ1) is 43.9. The molecule has 5 aromatic carbocycles. The number of ether oxygens (including phenoxy) is 2. The van der Waals surface area contributed by atoms with Crippen molar-refractivity contribution < 1.29 is 33.8 Å². The highest BCUT2D eigenvalue weighted by Crippen LogP contribution is 2.56. The Morgan fingerprint density at radius 3 is 2.23 bits per heavy atom. The summed E-state index contributed by atoms with van der Waals surface area (Å²) in [6, 6.07) is 34.2. The predicted octanol–water partition coefficient (Wildman–Crippen LogP) is 7.31. The van der Waals surface area contributed by atoms with Crippen molar-refractivity contribution in [1.29, 1.82) is 0 Å². The Hall–Kier alpha value is -7.32. The molecule has 9 rings (SSSR count). The first-order valence-corrected chi connectivity index (χ1v) is 22.3. The zero-order valence-corrected chi connectivity index (χ0v) is 37.4. The predicted molar refractivity (Wildman–Crippen MR) is 248 cm³/mol. The van der Waals surface area contributed by atoms with Gasteiger partial charge in [0.25, 0.3) is 17.4 Å². The zero-order valence-electron chi connectivity index (χ0n) is 37.4. The number of anilines is 1. The van der Waals surface area contributed by atoms with Crippen molar-refractivity contribution in [3.63, 3.8) is 0 Å². The highest BCUT2D eigenvalue weighted by molar-refractivity contribution is 6.07. The fourth-order valence-electron chi connectivity index (χ4n) is 9.52. The molecule has 1 aromatic heterocycles. The second kappa shape index (κ2) is 17.2. The Bertz CT molecular complexity index is 2910. The number of carbonyl (C=O) groups excluding carboxylic acids is 4. The summed E-state index contributed by atoms with van der Waals surface area (Å²) in [5.41, 5.74) is 2.33. The van der Waals surface area contributed by atoms with Crippen LogP contribution in [0.1, 0.15) is 92.3 Å². The molecule has 4 amide bonds. The number of para-hydroxylation sites is 3. The van der Waals surface area contributed by atoms with Crippen molar-refractivity contribution >= 4 is 40.4 Å². The van der Waals surface area contributed by atoms with Gasteiger partial charge < -0.3 is 25.2 Å². The molecule has 3 aliphatic heterocycles. The molecular weight excluding hydrogens is 837 g/mol. The topological polar surface area (TPSA) is 172 Å². The SMILES string of the molecule is CC(C)CC1C(=O)N2c3ccccc3C(CC3NC(=O)c4ccccc4-n4c3nc3ccccc3c4=O)C2(O)N1C(=O)[C@H](Cc1ccc(OCc2ccccc2)cc1)NC(=O)OC(C)(C)C. The molecule has 1 fully saturated rings. The van der Waals surface area contributed by atoms with Crippen LogP contribution in [-0.4, -0.2) is 66.9 Å². The van der Waals surface area contributed by atoms with Crippen LogP contribution < -0.4 is 25.8 Å². The van der Waals surface area contributed by atoms with Gasteiger partial charge in [-0.1, -0.05) is 98.8 Å². The Kier molecular flexibility index (Phi) is 11.5. The molecule has 0 spiro atoms. The quantitative estimate of drug-likeness (QED) is 0.121. The van der Waals surface area contributed by atoms with E-state index in [1.807, 2.05) is 44.2 Å². The molecule has 14 heteroatoms. The van der Waals surface area contributed by atoms with Gasteiger partial charge in [-0.15, -0.1) is 0 Å². The molecule has 0 bridgehead atoms. The molecule has 5 atom stereocenters. The Balaban J connectivity index is 1.13. The molecule has 0 aliphatic carbocycles. The van der Waals surface area contributed by atoms with E-state index in [2.05, 4.69) is 10.6 Å². The second-order valence-corrected chi connectivity index (χ2v) is 18.6. The number of hydrogen-bond donors (Lipinski definition) is 3. The molecule has 3 aliphatic rings. The van der Waals surface area contributed by atoms with Crippen molar-refractivity contribution in [2.24, 2.45) is 5.92 Å². The molecule has 14 nitrogen and oxygen atoms in total. The molecule has 4 heterocycles. The lowest BCUT2D eigenvalue weighted by molar-refractivity contribution is -0.163. The fraction of sp³-hybridized carbons (Fsp3) is 0.308. The minimum absolute atomic E-state index is 0.0337. The van der Waals surface area contributed by atoms with E-state index in [0.29, 0.717) is 45.8 Å². The van der Waals surface area contributed by atoms with Gasteiger partial charge in [0.05, 0.1) is 39.8 Å². The van der Waals surface area contributed by atoms with E-state index >= 15 is 4.79 Å². The van der Waals surface area contributed by atoms with Crippen molar-refractivity contribution in [2.45, 2.75) is 96.0 Å². The molecular formula is C52H52N6O8. The number of alkyl carbamates (subject to hydrolysis) is 1. The van der Waals surface area contributed by atoms with Crippen molar-refractivity contribution in [1.82, 2.24) is 25.1 Å². The third kappa shape index (κ3) is 8.06. The average Bonchev–Trinajstić information content (AvgIpc) is 3.61. The Morgan fingerprint density at radius 1 is 0.833 bits per heavy atom. The number of rotatable bonds is 11. The third-order valence-electron chi connectivity index (χ3n) is 12.3. The largest absolute Gasteiger partial charge is 0.489 e. The molecule has 66 heavy (non-hydrogen) atoms. The Labute approximate surface area is 382 Å². The van der Waals surface area contributed by atoms with Crippen LogP contribution in [0, 0.1) is 5.92 Å². The number of amides is 4. The standard InChI is InChI=1S/C52H52N6O8/c1-31(2)27-44-49(62)57-43-22-14-10-17-35(43)38(29-40-45-53-39-20-12-9-18-36(39)47(60)56(45)42-21-13-11-19-37(42)46(59)54-40)52(57,64)58(44)48(61)41(55-50(63)66-51(3,4)5)28-32-23-25-34(26-24-32)65-30-33-15-7-6-8-16-33/h6-26,31,38,40-41,44,64H,27-30H2,1-5H3,(H,54,59)(H,55,63)/t38?,40?,41-,44?,52?/m0/s1. The van der Waals surface area contributed by atoms with Gasteiger partial charge in [0.1, 0.15) is 35.9 Å².